The smallest absolute Gasteiger partial charge is 0.239 e. The number of nitrogens with two attached hydrogens (primary N) is 1. The Labute approximate surface area is 101 Å². The van der Waals surface area contributed by atoms with Gasteiger partial charge in [-0.1, -0.05) is 13.3 Å². The zero-order valence-electron chi connectivity index (χ0n) is 10.5. The highest BCUT2D eigenvalue weighted by Crippen LogP contribution is 2.21. The summed E-state index contributed by atoms with van der Waals surface area (Å²) in [6, 6.07) is 0. The molecule has 0 aliphatic heterocycles. The minimum atomic E-state index is -0.0628. The number of hydrogen-bond acceptors (Lipinski definition) is 5. The highest BCUT2D eigenvalue weighted by molar-refractivity contribution is 5.81. The molecule has 0 aliphatic rings. The molecule has 1 aromatic rings. The standard InChI is InChI=1S/C11H19N5O/c1-4-5-8-10(12)14-7-15-11(8)16(3)6-9(17)13-2/h7H,4-6H2,1-3H3,(H,13,17)(H2,12,14,15). The van der Waals surface area contributed by atoms with E-state index < -0.39 is 0 Å². The number of nitrogen functional groups attached to an aromatic ring is 1. The van der Waals surface area contributed by atoms with E-state index >= 15 is 0 Å². The van der Waals surface area contributed by atoms with Gasteiger partial charge in [-0.05, 0) is 6.42 Å². The maximum Gasteiger partial charge on any atom is 0.239 e. The Morgan fingerprint density at radius 3 is 2.82 bits per heavy atom. The second-order valence-electron chi connectivity index (χ2n) is 3.84. The number of anilines is 2. The third-order valence-electron chi connectivity index (χ3n) is 2.48. The zero-order valence-corrected chi connectivity index (χ0v) is 10.5. The van der Waals surface area contributed by atoms with Crippen LogP contribution in [0, 0.1) is 0 Å². The van der Waals surface area contributed by atoms with Gasteiger partial charge in [0.2, 0.25) is 5.91 Å². The van der Waals surface area contributed by atoms with Crippen molar-refractivity contribution in [3.8, 4) is 0 Å². The summed E-state index contributed by atoms with van der Waals surface area (Å²) in [4.78, 5) is 21.3. The van der Waals surface area contributed by atoms with Crippen molar-refractivity contribution in [2.24, 2.45) is 0 Å². The number of nitrogens with zero attached hydrogens (tertiary/aromatic N) is 3. The van der Waals surface area contributed by atoms with Crippen LogP contribution in [0.15, 0.2) is 6.33 Å². The monoisotopic (exact) mass is 237 g/mol. The third kappa shape index (κ3) is 3.30. The van der Waals surface area contributed by atoms with Crippen LogP contribution in [0.25, 0.3) is 0 Å². The lowest BCUT2D eigenvalue weighted by Gasteiger charge is -2.20. The Morgan fingerprint density at radius 2 is 2.24 bits per heavy atom. The molecule has 6 nitrogen and oxygen atoms in total. The van der Waals surface area contributed by atoms with Crippen LogP contribution >= 0.6 is 0 Å². The van der Waals surface area contributed by atoms with Gasteiger partial charge in [0.1, 0.15) is 18.0 Å². The molecule has 3 N–H and O–H groups in total. The molecule has 17 heavy (non-hydrogen) atoms. The summed E-state index contributed by atoms with van der Waals surface area (Å²) in [5.41, 5.74) is 6.73. The number of nitrogens with one attached hydrogen (secondary N) is 1. The van der Waals surface area contributed by atoms with E-state index in [1.807, 2.05) is 7.05 Å². The molecule has 0 aromatic carbocycles. The Morgan fingerprint density at radius 1 is 1.53 bits per heavy atom. The Bertz CT molecular complexity index is 393. The van der Waals surface area contributed by atoms with E-state index in [4.69, 9.17) is 5.73 Å². The van der Waals surface area contributed by atoms with E-state index in [-0.39, 0.29) is 12.5 Å². The number of likely N-dealkylation sites (N-methyl/N-ethyl adjacent to an activating group) is 2. The van der Waals surface area contributed by atoms with Crippen molar-refractivity contribution in [2.75, 3.05) is 31.3 Å². The fourth-order valence-corrected chi connectivity index (χ4v) is 1.60. The fraction of sp³-hybridized carbons (Fsp3) is 0.545. The average molecular weight is 237 g/mol. The Hall–Kier alpha value is -1.85. The lowest BCUT2D eigenvalue weighted by atomic mass is 10.1. The number of amides is 1. The Kier molecular flexibility index (Phi) is 4.68. The van der Waals surface area contributed by atoms with Gasteiger partial charge in [-0.2, -0.15) is 0 Å². The first-order chi connectivity index (χ1) is 8.10. The topological polar surface area (TPSA) is 84.1 Å². The van der Waals surface area contributed by atoms with E-state index in [0.29, 0.717) is 5.82 Å². The van der Waals surface area contributed by atoms with Crippen molar-refractivity contribution in [3.63, 3.8) is 0 Å². The second-order valence-corrected chi connectivity index (χ2v) is 3.84. The molecular formula is C11H19N5O. The van der Waals surface area contributed by atoms with E-state index in [2.05, 4.69) is 22.2 Å². The first-order valence-corrected chi connectivity index (χ1v) is 5.61. The summed E-state index contributed by atoms with van der Waals surface area (Å²) in [5, 5.41) is 2.58. The first kappa shape index (κ1) is 13.2. The van der Waals surface area contributed by atoms with Gasteiger partial charge in [-0.15, -0.1) is 0 Å². The molecule has 0 fully saturated rings. The van der Waals surface area contributed by atoms with E-state index in [1.54, 1.807) is 11.9 Å². The van der Waals surface area contributed by atoms with E-state index in [9.17, 15) is 4.79 Å². The molecule has 1 aromatic heterocycles. The van der Waals surface area contributed by atoms with Gasteiger partial charge in [0, 0.05) is 19.7 Å². The van der Waals surface area contributed by atoms with Gasteiger partial charge >= 0.3 is 0 Å². The fourth-order valence-electron chi connectivity index (χ4n) is 1.60. The van der Waals surface area contributed by atoms with Gasteiger partial charge in [0.05, 0.1) is 6.54 Å². The third-order valence-corrected chi connectivity index (χ3v) is 2.48. The molecule has 0 unspecified atom stereocenters. The summed E-state index contributed by atoms with van der Waals surface area (Å²) < 4.78 is 0. The first-order valence-electron chi connectivity index (χ1n) is 5.61. The maximum atomic E-state index is 11.3. The largest absolute Gasteiger partial charge is 0.383 e. The van der Waals surface area contributed by atoms with Crippen molar-refractivity contribution in [2.45, 2.75) is 19.8 Å². The minimum Gasteiger partial charge on any atom is -0.383 e. The van der Waals surface area contributed by atoms with Gasteiger partial charge in [-0.3, -0.25) is 4.79 Å². The van der Waals surface area contributed by atoms with Crippen LogP contribution in [-0.4, -0.2) is 36.5 Å². The average Bonchev–Trinajstić information content (AvgIpc) is 2.31. The van der Waals surface area contributed by atoms with Gasteiger partial charge < -0.3 is 16.0 Å². The molecule has 1 heterocycles. The number of hydrogen-bond donors (Lipinski definition) is 2. The predicted molar refractivity (Wildman–Crippen MR) is 67.8 cm³/mol. The lowest BCUT2D eigenvalue weighted by Crippen LogP contribution is -2.34. The number of carbonyl (C=O) groups is 1. The summed E-state index contributed by atoms with van der Waals surface area (Å²) in [6.07, 6.45) is 3.18. The van der Waals surface area contributed by atoms with Crippen molar-refractivity contribution in [3.05, 3.63) is 11.9 Å². The van der Waals surface area contributed by atoms with Gasteiger partial charge in [0.25, 0.3) is 0 Å². The SMILES string of the molecule is CCCc1c(N)ncnc1N(C)CC(=O)NC. The van der Waals surface area contributed by atoms with E-state index in [1.165, 1.54) is 6.33 Å². The highest BCUT2D eigenvalue weighted by Gasteiger charge is 2.14. The number of carbonyl (C=O) groups excluding carboxylic acids is 1. The van der Waals surface area contributed by atoms with Crippen LogP contribution in [0.4, 0.5) is 11.6 Å². The maximum absolute atomic E-state index is 11.3. The number of rotatable bonds is 5. The molecule has 0 bridgehead atoms. The Balaban J connectivity index is 2.95. The van der Waals surface area contributed by atoms with Crippen LogP contribution < -0.4 is 16.0 Å². The summed E-state index contributed by atoms with van der Waals surface area (Å²) >= 11 is 0. The highest BCUT2D eigenvalue weighted by atomic mass is 16.1. The van der Waals surface area contributed by atoms with Crippen LogP contribution in [-0.2, 0) is 11.2 Å². The molecule has 1 amide bonds. The molecule has 0 aliphatic carbocycles. The molecule has 0 spiro atoms. The summed E-state index contributed by atoms with van der Waals surface area (Å²) in [5.74, 6) is 1.15. The van der Waals surface area contributed by atoms with Crippen LogP contribution in [0.2, 0.25) is 0 Å². The molecule has 6 heteroatoms. The van der Waals surface area contributed by atoms with Crippen molar-refractivity contribution < 1.29 is 4.79 Å². The van der Waals surface area contributed by atoms with Crippen molar-refractivity contribution >= 4 is 17.5 Å². The zero-order chi connectivity index (χ0) is 12.8. The van der Waals surface area contributed by atoms with Crippen LogP contribution in [0.3, 0.4) is 0 Å². The minimum absolute atomic E-state index is 0.0628. The summed E-state index contributed by atoms with van der Waals surface area (Å²) in [7, 11) is 3.42. The predicted octanol–water partition coefficient (Wildman–Crippen LogP) is 0.194. The summed E-state index contributed by atoms with van der Waals surface area (Å²) in [6.45, 7) is 2.32. The molecule has 0 saturated carbocycles. The number of aromatic nitrogens is 2. The van der Waals surface area contributed by atoms with Gasteiger partial charge in [0.15, 0.2) is 0 Å². The molecule has 0 atom stereocenters. The molecular weight excluding hydrogens is 218 g/mol. The molecule has 0 radical (unpaired) electrons. The quantitative estimate of drug-likeness (QED) is 0.764. The molecule has 94 valence electrons. The second kappa shape index (κ2) is 6.03. The van der Waals surface area contributed by atoms with E-state index in [0.717, 1.165) is 24.2 Å². The molecule has 1 rings (SSSR count). The lowest BCUT2D eigenvalue weighted by molar-refractivity contribution is -0.119. The van der Waals surface area contributed by atoms with Crippen molar-refractivity contribution in [1.82, 2.24) is 15.3 Å². The molecule has 0 saturated heterocycles. The van der Waals surface area contributed by atoms with Crippen LogP contribution in [0.1, 0.15) is 18.9 Å². The van der Waals surface area contributed by atoms with Crippen LogP contribution in [0.5, 0.6) is 0 Å². The normalized spacial score (nSPS) is 10.1. The van der Waals surface area contributed by atoms with Crippen molar-refractivity contribution in [1.29, 1.82) is 0 Å². The van der Waals surface area contributed by atoms with Gasteiger partial charge in [-0.25, -0.2) is 9.97 Å².